The third-order valence-corrected chi connectivity index (χ3v) is 4.33. The van der Waals surface area contributed by atoms with Crippen molar-refractivity contribution in [2.45, 2.75) is 26.3 Å². The van der Waals surface area contributed by atoms with Gasteiger partial charge in [-0.05, 0) is 25.5 Å². The highest BCUT2D eigenvalue weighted by atomic mass is 32.1. The first-order chi connectivity index (χ1) is 9.13. The molecular formula is C14H15N3OS. The summed E-state index contributed by atoms with van der Waals surface area (Å²) >= 11 is 1.51. The molecule has 0 aliphatic carbocycles. The fourth-order valence-electron chi connectivity index (χ4n) is 2.17. The fourth-order valence-corrected chi connectivity index (χ4v) is 2.99. The van der Waals surface area contributed by atoms with Gasteiger partial charge in [-0.1, -0.05) is 18.2 Å². The van der Waals surface area contributed by atoms with Gasteiger partial charge < -0.3 is 10.6 Å². The summed E-state index contributed by atoms with van der Waals surface area (Å²) in [5.74, 6) is -0.0232. The molecule has 2 aromatic rings. The van der Waals surface area contributed by atoms with Crippen LogP contribution in [0.25, 0.3) is 0 Å². The quantitative estimate of drug-likeness (QED) is 0.884. The Morgan fingerprint density at radius 3 is 2.89 bits per heavy atom. The molecule has 0 bridgehead atoms. The summed E-state index contributed by atoms with van der Waals surface area (Å²) < 4.78 is 0. The van der Waals surface area contributed by atoms with Crippen molar-refractivity contribution >= 4 is 28.1 Å². The highest BCUT2D eigenvalue weighted by Crippen LogP contribution is 2.27. The second-order valence-corrected chi connectivity index (χ2v) is 5.91. The van der Waals surface area contributed by atoms with Gasteiger partial charge >= 0.3 is 0 Å². The maximum atomic E-state index is 12.2. The summed E-state index contributed by atoms with van der Waals surface area (Å²) in [6, 6.07) is 7.81. The Morgan fingerprint density at radius 2 is 2.21 bits per heavy atom. The number of aromatic nitrogens is 1. The minimum atomic E-state index is -0.207. The molecule has 1 aliphatic rings. The van der Waals surface area contributed by atoms with E-state index in [1.807, 2.05) is 38.1 Å². The number of nitrogens with zero attached hydrogens (tertiary/aromatic N) is 1. The summed E-state index contributed by atoms with van der Waals surface area (Å²) in [6.07, 6.45) is 0.728. The van der Waals surface area contributed by atoms with Crippen LogP contribution in [0.15, 0.2) is 24.3 Å². The molecule has 2 N–H and O–H groups in total. The smallest absolute Gasteiger partial charge is 0.248 e. The molecule has 0 saturated heterocycles. The van der Waals surface area contributed by atoms with Gasteiger partial charge in [-0.2, -0.15) is 0 Å². The lowest BCUT2D eigenvalue weighted by molar-refractivity contribution is -0.116. The average Bonchev–Trinajstić information content (AvgIpc) is 2.93. The van der Waals surface area contributed by atoms with E-state index in [0.29, 0.717) is 5.13 Å². The van der Waals surface area contributed by atoms with Crippen molar-refractivity contribution in [2.24, 2.45) is 0 Å². The predicted molar refractivity (Wildman–Crippen MR) is 77.8 cm³/mol. The van der Waals surface area contributed by atoms with Crippen LogP contribution in [0.4, 0.5) is 10.8 Å². The molecule has 0 radical (unpaired) electrons. The van der Waals surface area contributed by atoms with Crippen LogP contribution in [0.5, 0.6) is 0 Å². The number of rotatable bonds is 2. The van der Waals surface area contributed by atoms with E-state index in [4.69, 9.17) is 0 Å². The summed E-state index contributed by atoms with van der Waals surface area (Å²) in [4.78, 5) is 17.7. The Morgan fingerprint density at radius 1 is 1.42 bits per heavy atom. The van der Waals surface area contributed by atoms with Crippen LogP contribution >= 0.6 is 11.3 Å². The number of benzene rings is 1. The van der Waals surface area contributed by atoms with E-state index in [1.165, 1.54) is 16.9 Å². The van der Waals surface area contributed by atoms with Crippen molar-refractivity contribution in [3.63, 3.8) is 0 Å². The SMILES string of the molecule is Cc1nc(NC(=O)C2Cc3ccccc3N2)sc1C. The highest BCUT2D eigenvalue weighted by molar-refractivity contribution is 7.15. The van der Waals surface area contributed by atoms with Crippen LogP contribution in [0.1, 0.15) is 16.1 Å². The third kappa shape index (κ3) is 2.33. The Hall–Kier alpha value is -1.88. The number of hydrogen-bond donors (Lipinski definition) is 2. The van der Waals surface area contributed by atoms with Crippen molar-refractivity contribution in [3.8, 4) is 0 Å². The van der Waals surface area contributed by atoms with Gasteiger partial charge in [0.05, 0.1) is 5.69 Å². The van der Waals surface area contributed by atoms with Crippen LogP contribution in [0.3, 0.4) is 0 Å². The van der Waals surface area contributed by atoms with Gasteiger partial charge in [0.2, 0.25) is 5.91 Å². The second-order valence-electron chi connectivity index (χ2n) is 4.71. The number of thiazole rings is 1. The number of para-hydroxylation sites is 1. The number of aryl methyl sites for hydroxylation is 2. The lowest BCUT2D eigenvalue weighted by atomic mass is 10.1. The maximum Gasteiger partial charge on any atom is 0.248 e. The number of carbonyl (C=O) groups is 1. The average molecular weight is 273 g/mol. The Labute approximate surface area is 115 Å². The van der Waals surface area contributed by atoms with Crippen molar-refractivity contribution in [3.05, 3.63) is 40.4 Å². The van der Waals surface area contributed by atoms with Gasteiger partial charge in [0.15, 0.2) is 5.13 Å². The van der Waals surface area contributed by atoms with Gasteiger partial charge in [-0.15, -0.1) is 11.3 Å². The number of nitrogens with one attached hydrogen (secondary N) is 2. The topological polar surface area (TPSA) is 54.0 Å². The van der Waals surface area contributed by atoms with Gasteiger partial charge in [0.1, 0.15) is 6.04 Å². The molecule has 1 aromatic carbocycles. The second kappa shape index (κ2) is 4.66. The molecule has 0 fully saturated rings. The van der Waals surface area contributed by atoms with Crippen LogP contribution in [-0.2, 0) is 11.2 Å². The minimum absolute atomic E-state index is 0.0232. The first-order valence-corrected chi connectivity index (χ1v) is 7.04. The first-order valence-electron chi connectivity index (χ1n) is 6.23. The summed E-state index contributed by atoms with van der Waals surface area (Å²) in [5.41, 5.74) is 3.21. The van der Waals surface area contributed by atoms with Crippen molar-refractivity contribution < 1.29 is 4.79 Å². The van der Waals surface area contributed by atoms with E-state index in [1.54, 1.807) is 0 Å². The molecule has 1 amide bonds. The van der Waals surface area contributed by atoms with Gasteiger partial charge in [0, 0.05) is 17.0 Å². The molecule has 98 valence electrons. The Kier molecular flexibility index (Phi) is 2.98. The van der Waals surface area contributed by atoms with E-state index in [2.05, 4.69) is 15.6 Å². The van der Waals surface area contributed by atoms with E-state index in [-0.39, 0.29) is 11.9 Å². The zero-order valence-corrected chi connectivity index (χ0v) is 11.7. The third-order valence-electron chi connectivity index (χ3n) is 3.35. The zero-order valence-electron chi connectivity index (χ0n) is 10.9. The van der Waals surface area contributed by atoms with E-state index in [0.717, 1.165) is 22.7 Å². The molecule has 1 aromatic heterocycles. The molecule has 3 rings (SSSR count). The predicted octanol–water partition coefficient (Wildman–Crippen LogP) is 2.74. The number of anilines is 2. The molecule has 1 unspecified atom stereocenters. The number of carbonyl (C=O) groups excluding carboxylic acids is 1. The van der Waals surface area contributed by atoms with Gasteiger partial charge in [-0.3, -0.25) is 4.79 Å². The van der Waals surface area contributed by atoms with Crippen molar-refractivity contribution in [1.29, 1.82) is 0 Å². The largest absolute Gasteiger partial charge is 0.373 e. The highest BCUT2D eigenvalue weighted by Gasteiger charge is 2.26. The Bertz CT molecular complexity index is 591. The lowest BCUT2D eigenvalue weighted by Gasteiger charge is -2.09. The maximum absolute atomic E-state index is 12.2. The fraction of sp³-hybridized carbons (Fsp3) is 0.286. The van der Waals surface area contributed by atoms with Gasteiger partial charge in [-0.25, -0.2) is 4.98 Å². The molecule has 1 atom stereocenters. The first kappa shape index (κ1) is 12.2. The summed E-state index contributed by atoms with van der Waals surface area (Å²) in [6.45, 7) is 3.96. The zero-order chi connectivity index (χ0) is 13.4. The van der Waals surface area contributed by atoms with Crippen LogP contribution in [-0.4, -0.2) is 16.9 Å². The molecule has 0 spiro atoms. The normalized spacial score (nSPS) is 16.8. The number of amides is 1. The molecule has 0 saturated carbocycles. The monoisotopic (exact) mass is 273 g/mol. The molecule has 5 heteroatoms. The van der Waals surface area contributed by atoms with Crippen LogP contribution in [0, 0.1) is 13.8 Å². The standard InChI is InChI=1S/C14H15N3OS/c1-8-9(2)19-14(15-8)17-13(18)12-7-10-5-3-4-6-11(10)16-12/h3-6,12,16H,7H2,1-2H3,(H,15,17,18). The minimum Gasteiger partial charge on any atom is -0.373 e. The Balaban J connectivity index is 1.70. The van der Waals surface area contributed by atoms with Crippen LogP contribution < -0.4 is 10.6 Å². The molecule has 19 heavy (non-hydrogen) atoms. The molecule has 4 nitrogen and oxygen atoms in total. The van der Waals surface area contributed by atoms with Crippen molar-refractivity contribution in [2.75, 3.05) is 10.6 Å². The number of fused-ring (bicyclic) bond motifs is 1. The molecular weight excluding hydrogens is 258 g/mol. The van der Waals surface area contributed by atoms with Crippen molar-refractivity contribution in [1.82, 2.24) is 4.98 Å². The summed E-state index contributed by atoms with van der Waals surface area (Å²) in [5, 5.41) is 6.81. The van der Waals surface area contributed by atoms with E-state index >= 15 is 0 Å². The van der Waals surface area contributed by atoms with E-state index in [9.17, 15) is 4.79 Å². The number of hydrogen-bond acceptors (Lipinski definition) is 4. The van der Waals surface area contributed by atoms with E-state index < -0.39 is 0 Å². The van der Waals surface area contributed by atoms with Gasteiger partial charge in [0.25, 0.3) is 0 Å². The molecule has 1 aliphatic heterocycles. The van der Waals surface area contributed by atoms with Crippen LogP contribution in [0.2, 0.25) is 0 Å². The summed E-state index contributed by atoms with van der Waals surface area (Å²) in [7, 11) is 0. The lowest BCUT2D eigenvalue weighted by Crippen LogP contribution is -2.32. The molecule has 2 heterocycles.